The number of likely N-dealkylation sites (tertiary alicyclic amines) is 1. The fraction of sp³-hybridized carbons (Fsp3) is 0.273. The minimum Gasteiger partial charge on any atom is -0.333 e. The summed E-state index contributed by atoms with van der Waals surface area (Å²) >= 11 is 1.21. The Kier molecular flexibility index (Phi) is 5.85. The van der Waals surface area contributed by atoms with Crippen LogP contribution >= 0.6 is 11.3 Å². The lowest BCUT2D eigenvalue weighted by atomic mass is 10.1. The van der Waals surface area contributed by atoms with Crippen LogP contribution in [0.3, 0.4) is 0 Å². The minimum absolute atomic E-state index is 0.0371. The molecule has 1 aliphatic rings. The molecule has 0 aliphatic carbocycles. The van der Waals surface area contributed by atoms with Crippen LogP contribution < -0.4 is 5.32 Å². The van der Waals surface area contributed by atoms with E-state index in [1.807, 2.05) is 31.2 Å². The lowest BCUT2D eigenvalue weighted by molar-refractivity contribution is -0.131. The first kappa shape index (κ1) is 20.2. The summed E-state index contributed by atoms with van der Waals surface area (Å²) in [5, 5.41) is 12.0. The van der Waals surface area contributed by atoms with Crippen LogP contribution in [0, 0.1) is 12.7 Å². The second-order valence-electron chi connectivity index (χ2n) is 7.31. The number of nitrogens with zero attached hydrogens (tertiary/aromatic N) is 3. The van der Waals surface area contributed by atoms with Gasteiger partial charge in [0.05, 0.1) is 12.5 Å². The number of carbonyl (C=O) groups is 2. The van der Waals surface area contributed by atoms with E-state index >= 15 is 0 Å². The fourth-order valence-electron chi connectivity index (χ4n) is 3.48. The van der Waals surface area contributed by atoms with Crippen molar-refractivity contribution in [2.75, 3.05) is 11.9 Å². The summed E-state index contributed by atoms with van der Waals surface area (Å²) in [7, 11) is 0. The molecule has 1 saturated heterocycles. The fourth-order valence-corrected chi connectivity index (χ4v) is 4.37. The van der Waals surface area contributed by atoms with Crippen molar-refractivity contribution < 1.29 is 14.0 Å². The Morgan fingerprint density at radius 3 is 2.60 bits per heavy atom. The number of benzene rings is 2. The van der Waals surface area contributed by atoms with E-state index in [1.54, 1.807) is 17.0 Å². The average molecular weight is 425 g/mol. The zero-order valence-electron chi connectivity index (χ0n) is 16.5. The number of aromatic nitrogens is 2. The molecule has 1 aliphatic heterocycles. The molecule has 1 N–H and O–H groups in total. The number of amides is 2. The molecule has 0 spiro atoms. The van der Waals surface area contributed by atoms with Crippen molar-refractivity contribution in [1.29, 1.82) is 0 Å². The molecule has 1 atom stereocenters. The van der Waals surface area contributed by atoms with Crippen LogP contribution in [0.1, 0.15) is 44.8 Å². The van der Waals surface area contributed by atoms with E-state index in [4.69, 9.17) is 0 Å². The van der Waals surface area contributed by atoms with Gasteiger partial charge in [-0.05, 0) is 49.6 Å². The van der Waals surface area contributed by atoms with Gasteiger partial charge in [0, 0.05) is 12.2 Å². The zero-order valence-corrected chi connectivity index (χ0v) is 17.3. The first-order valence-corrected chi connectivity index (χ1v) is 10.6. The monoisotopic (exact) mass is 424 g/mol. The number of anilines is 1. The normalized spacial score (nSPS) is 15.9. The molecule has 8 heteroatoms. The van der Waals surface area contributed by atoms with Crippen molar-refractivity contribution in [3.8, 4) is 0 Å². The summed E-state index contributed by atoms with van der Waals surface area (Å²) in [6.45, 7) is 2.61. The predicted molar refractivity (Wildman–Crippen MR) is 113 cm³/mol. The molecule has 2 heterocycles. The average Bonchev–Trinajstić information content (AvgIpc) is 3.40. The topological polar surface area (TPSA) is 75.2 Å². The molecule has 0 unspecified atom stereocenters. The number of rotatable bonds is 5. The van der Waals surface area contributed by atoms with Crippen LogP contribution in [0.15, 0.2) is 48.5 Å². The Labute approximate surface area is 177 Å². The predicted octanol–water partition coefficient (Wildman–Crippen LogP) is 4.14. The summed E-state index contributed by atoms with van der Waals surface area (Å²) in [5.74, 6) is -0.676. The molecule has 154 valence electrons. The molecular formula is C22H21FN4O2S. The maximum Gasteiger partial charge on any atom is 0.286 e. The van der Waals surface area contributed by atoms with Gasteiger partial charge in [-0.1, -0.05) is 41.2 Å². The standard InChI is InChI=1S/C22H21FN4O2S/c1-14-4-10-17(11-5-14)24-20(29)22-26-25-21(30-22)18-3-2-12-27(18)19(28)13-15-6-8-16(23)9-7-15/h4-11,18H,2-3,12-13H2,1H3,(H,24,29)/t18-/m1/s1. The van der Waals surface area contributed by atoms with Crippen molar-refractivity contribution in [2.45, 2.75) is 32.2 Å². The summed E-state index contributed by atoms with van der Waals surface area (Å²) in [4.78, 5) is 27.1. The molecule has 0 radical (unpaired) electrons. The molecule has 0 saturated carbocycles. The molecule has 3 aromatic rings. The molecule has 1 aromatic heterocycles. The maximum atomic E-state index is 13.1. The van der Waals surface area contributed by atoms with E-state index in [2.05, 4.69) is 15.5 Å². The number of halogens is 1. The van der Waals surface area contributed by atoms with Crippen LogP contribution in [-0.2, 0) is 11.2 Å². The second-order valence-corrected chi connectivity index (χ2v) is 8.32. The molecule has 4 rings (SSSR count). The highest BCUT2D eigenvalue weighted by atomic mass is 32.1. The molecule has 2 amide bonds. The number of hydrogen-bond donors (Lipinski definition) is 1. The van der Waals surface area contributed by atoms with Crippen molar-refractivity contribution in [1.82, 2.24) is 15.1 Å². The summed E-state index contributed by atoms with van der Waals surface area (Å²) in [6.07, 6.45) is 1.85. The quantitative estimate of drug-likeness (QED) is 0.668. The number of carbonyl (C=O) groups excluding carboxylic acids is 2. The van der Waals surface area contributed by atoms with E-state index in [9.17, 15) is 14.0 Å². The van der Waals surface area contributed by atoms with Crippen LogP contribution in [-0.4, -0.2) is 33.5 Å². The highest BCUT2D eigenvalue weighted by Crippen LogP contribution is 2.34. The third kappa shape index (κ3) is 4.54. The van der Waals surface area contributed by atoms with E-state index < -0.39 is 0 Å². The first-order valence-electron chi connectivity index (χ1n) is 9.75. The molecule has 2 aromatic carbocycles. The van der Waals surface area contributed by atoms with Gasteiger partial charge in [-0.2, -0.15) is 0 Å². The van der Waals surface area contributed by atoms with Crippen molar-refractivity contribution in [3.05, 3.63) is 75.5 Å². The van der Waals surface area contributed by atoms with Gasteiger partial charge in [-0.25, -0.2) is 4.39 Å². The second kappa shape index (κ2) is 8.71. The number of aryl methyl sites for hydroxylation is 1. The molecule has 1 fully saturated rings. The Bertz CT molecular complexity index is 1050. The Hall–Kier alpha value is -3.13. The van der Waals surface area contributed by atoms with Crippen molar-refractivity contribution in [2.24, 2.45) is 0 Å². The largest absolute Gasteiger partial charge is 0.333 e. The van der Waals surface area contributed by atoms with Crippen molar-refractivity contribution in [3.63, 3.8) is 0 Å². The number of hydrogen-bond acceptors (Lipinski definition) is 5. The summed E-state index contributed by atoms with van der Waals surface area (Å²) in [5.41, 5.74) is 2.57. The zero-order chi connectivity index (χ0) is 21.1. The van der Waals surface area contributed by atoms with Gasteiger partial charge in [-0.3, -0.25) is 9.59 Å². The Balaban J connectivity index is 1.43. The molecule has 6 nitrogen and oxygen atoms in total. The molecular weight excluding hydrogens is 403 g/mol. The number of nitrogens with one attached hydrogen (secondary N) is 1. The van der Waals surface area contributed by atoms with Gasteiger partial charge in [0.15, 0.2) is 0 Å². The molecule has 30 heavy (non-hydrogen) atoms. The Morgan fingerprint density at radius 2 is 1.87 bits per heavy atom. The van der Waals surface area contributed by atoms with E-state index in [0.717, 1.165) is 24.0 Å². The summed E-state index contributed by atoms with van der Waals surface area (Å²) in [6, 6.07) is 13.3. The Morgan fingerprint density at radius 1 is 1.13 bits per heavy atom. The van der Waals surface area contributed by atoms with Crippen LogP contribution in [0.25, 0.3) is 0 Å². The highest BCUT2D eigenvalue weighted by Gasteiger charge is 2.33. The SMILES string of the molecule is Cc1ccc(NC(=O)c2nnc([C@H]3CCCN3C(=O)Cc3ccc(F)cc3)s2)cc1. The van der Waals surface area contributed by atoms with Crippen molar-refractivity contribution >= 4 is 28.8 Å². The van der Waals surface area contributed by atoms with Gasteiger partial charge >= 0.3 is 0 Å². The van der Waals surface area contributed by atoms with Gasteiger partial charge < -0.3 is 10.2 Å². The van der Waals surface area contributed by atoms with E-state index in [0.29, 0.717) is 17.2 Å². The van der Waals surface area contributed by atoms with Crippen LogP contribution in [0.4, 0.5) is 10.1 Å². The lowest BCUT2D eigenvalue weighted by Gasteiger charge is -2.22. The first-order chi connectivity index (χ1) is 14.5. The maximum absolute atomic E-state index is 13.1. The smallest absolute Gasteiger partial charge is 0.286 e. The van der Waals surface area contributed by atoms with Gasteiger partial charge in [0.1, 0.15) is 10.8 Å². The lowest BCUT2D eigenvalue weighted by Crippen LogP contribution is -2.31. The minimum atomic E-state index is -0.324. The molecule has 0 bridgehead atoms. The third-order valence-corrected chi connectivity index (χ3v) is 6.09. The van der Waals surface area contributed by atoms with Gasteiger partial charge in [-0.15, -0.1) is 10.2 Å². The third-order valence-electron chi connectivity index (χ3n) is 5.07. The van der Waals surface area contributed by atoms with Crippen LogP contribution in [0.5, 0.6) is 0 Å². The van der Waals surface area contributed by atoms with Gasteiger partial charge in [0.2, 0.25) is 10.9 Å². The van der Waals surface area contributed by atoms with E-state index in [-0.39, 0.29) is 35.1 Å². The summed E-state index contributed by atoms with van der Waals surface area (Å²) < 4.78 is 13.1. The van der Waals surface area contributed by atoms with E-state index in [1.165, 1.54) is 23.5 Å². The highest BCUT2D eigenvalue weighted by molar-refractivity contribution is 7.13. The van der Waals surface area contributed by atoms with Crippen LogP contribution in [0.2, 0.25) is 0 Å². The van der Waals surface area contributed by atoms with Gasteiger partial charge in [0.25, 0.3) is 5.91 Å².